The van der Waals surface area contributed by atoms with Crippen molar-refractivity contribution in [2.24, 2.45) is 5.73 Å². The highest BCUT2D eigenvalue weighted by atomic mass is 16.2. The number of hydrogen-bond acceptors (Lipinski definition) is 2. The van der Waals surface area contributed by atoms with Crippen LogP contribution in [0, 0.1) is 0 Å². The lowest BCUT2D eigenvalue weighted by Gasteiger charge is -2.04. The topological polar surface area (TPSA) is 84.2 Å². The van der Waals surface area contributed by atoms with Crippen LogP contribution in [0.1, 0.15) is 22.8 Å². The molecule has 0 saturated heterocycles. The molecule has 80 valence electrons. The van der Waals surface area contributed by atoms with E-state index in [1.165, 1.54) is 0 Å². The molecule has 0 radical (unpaired) electrons. The number of benzene rings is 1. The zero-order chi connectivity index (χ0) is 11.3. The van der Waals surface area contributed by atoms with Gasteiger partial charge >= 0.3 is 6.03 Å². The highest BCUT2D eigenvalue weighted by molar-refractivity contribution is 5.95. The summed E-state index contributed by atoms with van der Waals surface area (Å²) in [5.41, 5.74) is 10.6. The van der Waals surface area contributed by atoms with E-state index in [0.717, 1.165) is 12.0 Å². The molecule has 1 aromatic rings. The van der Waals surface area contributed by atoms with Gasteiger partial charge in [0, 0.05) is 5.56 Å². The number of nitrogens with two attached hydrogens (primary N) is 1. The van der Waals surface area contributed by atoms with Crippen molar-refractivity contribution < 1.29 is 9.59 Å². The Morgan fingerprint density at radius 3 is 2.27 bits per heavy atom. The number of urea groups is 1. The first-order chi connectivity index (χ1) is 7.13. The standard InChI is InChI=1S/C10H13N3O2/c1-2-7-3-5-8(6-4-7)9(14)12-13-10(11)15/h3-6H,2H2,1H3,(H,12,14)(H3,11,13,15). The molecule has 0 spiro atoms. The number of primary amides is 1. The molecule has 0 unspecified atom stereocenters. The number of nitrogens with one attached hydrogen (secondary N) is 2. The minimum absolute atomic E-state index is 0.392. The first kappa shape index (κ1) is 11.0. The number of amides is 3. The molecule has 0 aliphatic carbocycles. The third kappa shape index (κ3) is 3.30. The van der Waals surface area contributed by atoms with E-state index in [-0.39, 0.29) is 0 Å². The van der Waals surface area contributed by atoms with Crippen molar-refractivity contribution in [1.82, 2.24) is 10.9 Å². The Labute approximate surface area is 87.6 Å². The van der Waals surface area contributed by atoms with Crippen molar-refractivity contribution in [3.8, 4) is 0 Å². The largest absolute Gasteiger partial charge is 0.350 e. The predicted octanol–water partition coefficient (Wildman–Crippen LogP) is 0.562. The van der Waals surface area contributed by atoms with Gasteiger partial charge in [0.05, 0.1) is 0 Å². The van der Waals surface area contributed by atoms with E-state index in [2.05, 4.69) is 5.43 Å². The maximum atomic E-state index is 11.4. The third-order valence-electron chi connectivity index (χ3n) is 1.92. The normalized spacial score (nSPS) is 9.40. The number of carbonyl (C=O) groups is 2. The van der Waals surface area contributed by atoms with Gasteiger partial charge in [-0.3, -0.25) is 10.2 Å². The van der Waals surface area contributed by atoms with E-state index in [0.29, 0.717) is 5.56 Å². The van der Waals surface area contributed by atoms with Crippen molar-refractivity contribution >= 4 is 11.9 Å². The summed E-state index contributed by atoms with van der Waals surface area (Å²) in [7, 11) is 0. The number of carbonyl (C=O) groups excluding carboxylic acids is 2. The summed E-state index contributed by atoms with van der Waals surface area (Å²) in [6.07, 6.45) is 0.918. The molecule has 1 aromatic carbocycles. The van der Waals surface area contributed by atoms with Crippen LogP contribution in [0.25, 0.3) is 0 Å². The van der Waals surface area contributed by atoms with E-state index in [1.54, 1.807) is 12.1 Å². The first-order valence-corrected chi connectivity index (χ1v) is 4.58. The quantitative estimate of drug-likeness (QED) is 0.619. The molecular weight excluding hydrogens is 194 g/mol. The van der Waals surface area contributed by atoms with Crippen molar-refractivity contribution in [2.75, 3.05) is 0 Å². The molecule has 0 atom stereocenters. The Morgan fingerprint density at radius 2 is 1.80 bits per heavy atom. The fourth-order valence-corrected chi connectivity index (χ4v) is 1.08. The van der Waals surface area contributed by atoms with Crippen LogP contribution >= 0.6 is 0 Å². The first-order valence-electron chi connectivity index (χ1n) is 4.58. The smallest absolute Gasteiger partial charge is 0.330 e. The second-order valence-corrected chi connectivity index (χ2v) is 2.99. The van der Waals surface area contributed by atoms with Gasteiger partial charge in [-0.1, -0.05) is 19.1 Å². The van der Waals surface area contributed by atoms with Crippen LogP contribution in [0.5, 0.6) is 0 Å². The summed E-state index contributed by atoms with van der Waals surface area (Å²) in [6, 6.07) is 6.31. The van der Waals surface area contributed by atoms with E-state index in [4.69, 9.17) is 5.73 Å². The average Bonchev–Trinajstić information content (AvgIpc) is 2.26. The molecule has 0 fully saturated rings. The zero-order valence-corrected chi connectivity index (χ0v) is 8.41. The number of hydrazine groups is 1. The molecule has 0 aliphatic rings. The second kappa shape index (κ2) is 4.99. The van der Waals surface area contributed by atoms with E-state index >= 15 is 0 Å². The molecule has 0 aliphatic heterocycles. The summed E-state index contributed by atoms with van der Waals surface area (Å²) in [5.74, 6) is -0.392. The summed E-state index contributed by atoms with van der Waals surface area (Å²) in [6.45, 7) is 2.03. The van der Waals surface area contributed by atoms with Crippen molar-refractivity contribution in [3.05, 3.63) is 35.4 Å². The van der Waals surface area contributed by atoms with Gasteiger partial charge in [-0.2, -0.15) is 0 Å². The molecule has 1 rings (SSSR count). The van der Waals surface area contributed by atoms with Crippen molar-refractivity contribution in [1.29, 1.82) is 0 Å². The molecule has 3 amide bonds. The minimum atomic E-state index is -0.798. The van der Waals surface area contributed by atoms with Crippen LogP contribution < -0.4 is 16.6 Å². The Hall–Kier alpha value is -2.04. The van der Waals surface area contributed by atoms with Gasteiger partial charge in [0.1, 0.15) is 0 Å². The Morgan fingerprint density at radius 1 is 1.20 bits per heavy atom. The number of aryl methyl sites for hydroxylation is 1. The third-order valence-corrected chi connectivity index (χ3v) is 1.92. The SMILES string of the molecule is CCc1ccc(C(=O)NNC(N)=O)cc1. The van der Waals surface area contributed by atoms with Gasteiger partial charge in [-0.05, 0) is 24.1 Å². The molecule has 0 aromatic heterocycles. The number of hydrogen-bond donors (Lipinski definition) is 3. The highest BCUT2D eigenvalue weighted by Crippen LogP contribution is 2.04. The van der Waals surface area contributed by atoms with E-state index < -0.39 is 11.9 Å². The van der Waals surface area contributed by atoms with Crippen LogP contribution in [-0.4, -0.2) is 11.9 Å². The van der Waals surface area contributed by atoms with Crippen LogP contribution in [0.2, 0.25) is 0 Å². The van der Waals surface area contributed by atoms with E-state index in [1.807, 2.05) is 24.5 Å². The lowest BCUT2D eigenvalue weighted by atomic mass is 10.1. The average molecular weight is 207 g/mol. The fourth-order valence-electron chi connectivity index (χ4n) is 1.08. The molecule has 0 saturated carbocycles. The molecule has 0 heterocycles. The molecule has 0 bridgehead atoms. The Kier molecular flexibility index (Phi) is 3.68. The van der Waals surface area contributed by atoms with Crippen LogP contribution in [0.3, 0.4) is 0 Å². The maximum Gasteiger partial charge on any atom is 0.330 e. The summed E-state index contributed by atoms with van der Waals surface area (Å²) in [5, 5.41) is 0. The monoisotopic (exact) mass is 207 g/mol. The van der Waals surface area contributed by atoms with Gasteiger partial charge in [0.2, 0.25) is 0 Å². The molecule has 15 heavy (non-hydrogen) atoms. The minimum Gasteiger partial charge on any atom is -0.350 e. The van der Waals surface area contributed by atoms with Gasteiger partial charge in [0.25, 0.3) is 5.91 Å². The summed E-state index contributed by atoms with van der Waals surface area (Å²) in [4.78, 5) is 21.7. The van der Waals surface area contributed by atoms with Gasteiger partial charge in [0.15, 0.2) is 0 Å². The second-order valence-electron chi connectivity index (χ2n) is 2.99. The number of rotatable bonds is 2. The molecule has 5 nitrogen and oxygen atoms in total. The van der Waals surface area contributed by atoms with E-state index in [9.17, 15) is 9.59 Å². The molecular formula is C10H13N3O2. The fraction of sp³-hybridized carbons (Fsp3) is 0.200. The highest BCUT2D eigenvalue weighted by Gasteiger charge is 2.04. The van der Waals surface area contributed by atoms with Crippen LogP contribution in [0.4, 0.5) is 4.79 Å². The summed E-state index contributed by atoms with van der Waals surface area (Å²) >= 11 is 0. The van der Waals surface area contributed by atoms with Gasteiger partial charge in [-0.25, -0.2) is 10.2 Å². The van der Waals surface area contributed by atoms with Gasteiger partial charge in [-0.15, -0.1) is 0 Å². The van der Waals surface area contributed by atoms with Crippen LogP contribution in [-0.2, 0) is 6.42 Å². The van der Waals surface area contributed by atoms with Crippen LogP contribution in [0.15, 0.2) is 24.3 Å². The van der Waals surface area contributed by atoms with Crippen molar-refractivity contribution in [3.63, 3.8) is 0 Å². The molecule has 5 heteroatoms. The lowest BCUT2D eigenvalue weighted by Crippen LogP contribution is -2.44. The maximum absolute atomic E-state index is 11.4. The Balaban J connectivity index is 2.62. The molecule has 4 N–H and O–H groups in total. The zero-order valence-electron chi connectivity index (χ0n) is 8.41. The Bertz CT molecular complexity index is 359. The lowest BCUT2D eigenvalue weighted by molar-refractivity contribution is 0.0937. The van der Waals surface area contributed by atoms with Crippen molar-refractivity contribution in [2.45, 2.75) is 13.3 Å². The van der Waals surface area contributed by atoms with Gasteiger partial charge < -0.3 is 5.73 Å². The predicted molar refractivity (Wildman–Crippen MR) is 56.0 cm³/mol. The summed E-state index contributed by atoms with van der Waals surface area (Å²) < 4.78 is 0.